The van der Waals surface area contributed by atoms with E-state index in [0.29, 0.717) is 35.8 Å². The van der Waals surface area contributed by atoms with Crippen molar-refractivity contribution in [1.82, 2.24) is 9.80 Å². The zero-order chi connectivity index (χ0) is 28.1. The molecule has 2 aromatic rings. The Hall–Kier alpha value is -3.85. The number of hydrogen-bond donors (Lipinski definition) is 1. The minimum Gasteiger partial charge on any atom is -0.507 e. The second kappa shape index (κ2) is 12.1. The molecule has 204 valence electrons. The van der Waals surface area contributed by atoms with Crippen molar-refractivity contribution < 1.29 is 33.7 Å². The third-order valence-corrected chi connectivity index (χ3v) is 6.29. The van der Waals surface area contributed by atoms with Gasteiger partial charge in [0.1, 0.15) is 11.5 Å². The van der Waals surface area contributed by atoms with Crippen molar-refractivity contribution in [2.75, 3.05) is 40.9 Å². The number of aliphatic hydroxyl groups excluding tert-OH is 1. The zero-order valence-corrected chi connectivity index (χ0v) is 23.0. The molecule has 9 nitrogen and oxygen atoms in total. The van der Waals surface area contributed by atoms with E-state index in [4.69, 9.17) is 14.2 Å². The summed E-state index contributed by atoms with van der Waals surface area (Å²) >= 11 is 0. The van der Waals surface area contributed by atoms with E-state index in [-0.39, 0.29) is 29.5 Å². The standard InChI is InChI=1S/C29H36N2O7/c1-8-37-22-11-10-20(15-21(22)17(2)3)27(33)25-26(31(14-13-30(5)6)29(35)28(25)34)19-9-12-23(36-7)24(16-19)38-18(4)32/h9-12,15-17,26,33H,8,13-14H2,1-7H3/b27-25+. The number of rotatable bonds is 10. The van der Waals surface area contributed by atoms with Crippen LogP contribution in [0.2, 0.25) is 0 Å². The Morgan fingerprint density at radius 2 is 1.76 bits per heavy atom. The van der Waals surface area contributed by atoms with Gasteiger partial charge in [0.15, 0.2) is 11.5 Å². The predicted octanol–water partition coefficient (Wildman–Crippen LogP) is 4.13. The number of aliphatic hydroxyl groups is 1. The molecule has 38 heavy (non-hydrogen) atoms. The summed E-state index contributed by atoms with van der Waals surface area (Å²) in [5.74, 6) is -1.05. The quantitative estimate of drug-likeness (QED) is 0.163. The van der Waals surface area contributed by atoms with Gasteiger partial charge in [-0.05, 0) is 68.4 Å². The second-order valence-electron chi connectivity index (χ2n) is 9.64. The molecule has 3 rings (SSSR count). The van der Waals surface area contributed by atoms with Gasteiger partial charge in [0.25, 0.3) is 11.7 Å². The number of methoxy groups -OCH3 is 1. The number of amides is 1. The largest absolute Gasteiger partial charge is 0.507 e. The molecule has 0 radical (unpaired) electrons. The maximum atomic E-state index is 13.4. The molecule has 2 aromatic carbocycles. The van der Waals surface area contributed by atoms with Crippen molar-refractivity contribution in [2.24, 2.45) is 0 Å². The van der Waals surface area contributed by atoms with Crippen LogP contribution >= 0.6 is 0 Å². The summed E-state index contributed by atoms with van der Waals surface area (Å²) in [4.78, 5) is 41.7. The molecule has 0 bridgehead atoms. The molecule has 1 heterocycles. The molecule has 1 N–H and O–H groups in total. The fourth-order valence-corrected chi connectivity index (χ4v) is 4.45. The first kappa shape index (κ1) is 28.7. The molecule has 0 saturated carbocycles. The molecule has 1 atom stereocenters. The van der Waals surface area contributed by atoms with Gasteiger partial charge in [0.05, 0.1) is 25.3 Å². The predicted molar refractivity (Wildman–Crippen MR) is 144 cm³/mol. The lowest BCUT2D eigenvalue weighted by atomic mass is 9.93. The SMILES string of the molecule is CCOc1ccc(/C(O)=C2\C(=O)C(=O)N(CCN(C)C)C2c2ccc(OC)c(OC(C)=O)c2)cc1C(C)C. The van der Waals surface area contributed by atoms with Crippen molar-refractivity contribution in [3.63, 3.8) is 0 Å². The van der Waals surface area contributed by atoms with Crippen LogP contribution in [-0.2, 0) is 14.4 Å². The number of carbonyl (C=O) groups excluding carboxylic acids is 3. The van der Waals surface area contributed by atoms with E-state index >= 15 is 0 Å². The lowest BCUT2D eigenvalue weighted by Crippen LogP contribution is -2.35. The Balaban J connectivity index is 2.23. The fourth-order valence-electron chi connectivity index (χ4n) is 4.45. The third-order valence-electron chi connectivity index (χ3n) is 6.29. The summed E-state index contributed by atoms with van der Waals surface area (Å²) in [6.07, 6.45) is 0. The topological polar surface area (TPSA) is 106 Å². The van der Waals surface area contributed by atoms with E-state index in [1.165, 1.54) is 18.9 Å². The van der Waals surface area contributed by atoms with Gasteiger partial charge in [0.2, 0.25) is 0 Å². The summed E-state index contributed by atoms with van der Waals surface area (Å²) < 4.78 is 16.4. The summed E-state index contributed by atoms with van der Waals surface area (Å²) in [6.45, 7) is 8.42. The third kappa shape index (κ3) is 5.99. The number of Topliss-reactive ketones (excluding diaryl/α,β-unsaturated/α-hetero) is 1. The average molecular weight is 525 g/mol. The number of esters is 1. The number of carbonyl (C=O) groups is 3. The maximum Gasteiger partial charge on any atom is 0.308 e. The van der Waals surface area contributed by atoms with Crippen molar-refractivity contribution in [3.8, 4) is 17.2 Å². The van der Waals surface area contributed by atoms with Gasteiger partial charge >= 0.3 is 5.97 Å². The number of benzene rings is 2. The Bertz CT molecular complexity index is 1250. The van der Waals surface area contributed by atoms with Crippen LogP contribution in [0, 0.1) is 0 Å². The van der Waals surface area contributed by atoms with Crippen LogP contribution in [-0.4, -0.2) is 73.5 Å². The fraction of sp³-hybridized carbons (Fsp3) is 0.414. The van der Waals surface area contributed by atoms with E-state index in [1.807, 2.05) is 39.8 Å². The van der Waals surface area contributed by atoms with Gasteiger partial charge in [-0.15, -0.1) is 0 Å². The lowest BCUT2D eigenvalue weighted by molar-refractivity contribution is -0.140. The smallest absolute Gasteiger partial charge is 0.308 e. The molecule has 9 heteroatoms. The van der Waals surface area contributed by atoms with E-state index in [0.717, 1.165) is 5.56 Å². The first-order chi connectivity index (χ1) is 18.0. The minimum atomic E-state index is -0.899. The summed E-state index contributed by atoms with van der Waals surface area (Å²) in [5.41, 5.74) is 1.74. The minimum absolute atomic E-state index is 0.0356. The van der Waals surface area contributed by atoms with Gasteiger partial charge in [-0.25, -0.2) is 0 Å². The van der Waals surface area contributed by atoms with Crippen molar-refractivity contribution in [1.29, 1.82) is 0 Å². The molecule has 1 aliphatic heterocycles. The number of hydrogen-bond acceptors (Lipinski definition) is 8. The molecule has 0 aromatic heterocycles. The summed E-state index contributed by atoms with van der Waals surface area (Å²) in [5, 5.41) is 11.5. The highest BCUT2D eigenvalue weighted by molar-refractivity contribution is 6.46. The first-order valence-electron chi connectivity index (χ1n) is 12.6. The monoisotopic (exact) mass is 524 g/mol. The molecule has 1 unspecified atom stereocenters. The average Bonchev–Trinajstić information content (AvgIpc) is 3.11. The molecule has 1 saturated heterocycles. The Labute approximate surface area is 223 Å². The van der Waals surface area contributed by atoms with Crippen LogP contribution in [0.1, 0.15) is 56.3 Å². The van der Waals surface area contributed by atoms with E-state index < -0.39 is 23.7 Å². The molecular weight excluding hydrogens is 488 g/mol. The van der Waals surface area contributed by atoms with Gasteiger partial charge in [-0.1, -0.05) is 19.9 Å². The van der Waals surface area contributed by atoms with Crippen LogP contribution in [0.5, 0.6) is 17.2 Å². The van der Waals surface area contributed by atoms with Crippen LogP contribution in [0.25, 0.3) is 5.76 Å². The highest BCUT2D eigenvalue weighted by atomic mass is 16.6. The molecule has 1 amide bonds. The van der Waals surface area contributed by atoms with Crippen molar-refractivity contribution in [3.05, 3.63) is 58.7 Å². The molecule has 0 aliphatic carbocycles. The van der Waals surface area contributed by atoms with Crippen LogP contribution < -0.4 is 14.2 Å². The molecule has 1 aliphatic rings. The van der Waals surface area contributed by atoms with Gasteiger partial charge in [0, 0.05) is 25.6 Å². The number of nitrogens with zero attached hydrogens (tertiary/aromatic N) is 2. The number of ketones is 1. The normalized spacial score (nSPS) is 16.9. The van der Waals surface area contributed by atoms with E-state index in [1.54, 1.807) is 36.4 Å². The Morgan fingerprint density at radius 1 is 1.08 bits per heavy atom. The van der Waals surface area contributed by atoms with Crippen LogP contribution in [0.15, 0.2) is 42.0 Å². The summed E-state index contributed by atoms with van der Waals surface area (Å²) in [7, 11) is 5.18. The highest BCUT2D eigenvalue weighted by Gasteiger charge is 2.46. The van der Waals surface area contributed by atoms with Gasteiger partial charge < -0.3 is 29.1 Å². The van der Waals surface area contributed by atoms with E-state index in [9.17, 15) is 19.5 Å². The van der Waals surface area contributed by atoms with Crippen LogP contribution in [0.4, 0.5) is 0 Å². The van der Waals surface area contributed by atoms with Gasteiger partial charge in [-0.3, -0.25) is 14.4 Å². The molecular formula is C29H36N2O7. The highest BCUT2D eigenvalue weighted by Crippen LogP contribution is 2.42. The number of likely N-dealkylation sites (tertiary alicyclic amines) is 1. The molecule has 1 fully saturated rings. The van der Waals surface area contributed by atoms with Crippen molar-refractivity contribution >= 4 is 23.4 Å². The van der Waals surface area contributed by atoms with E-state index in [2.05, 4.69) is 0 Å². The first-order valence-corrected chi connectivity index (χ1v) is 12.6. The van der Waals surface area contributed by atoms with Gasteiger partial charge in [-0.2, -0.15) is 0 Å². The lowest BCUT2D eigenvalue weighted by Gasteiger charge is -2.27. The summed E-state index contributed by atoms with van der Waals surface area (Å²) in [6, 6.07) is 9.18. The van der Waals surface area contributed by atoms with Crippen molar-refractivity contribution in [2.45, 2.75) is 39.7 Å². The maximum absolute atomic E-state index is 13.4. The van der Waals surface area contributed by atoms with Crippen LogP contribution in [0.3, 0.4) is 0 Å². The zero-order valence-electron chi connectivity index (χ0n) is 23.0. The number of ether oxygens (including phenoxy) is 3. The molecule has 0 spiro atoms. The Kier molecular flexibility index (Phi) is 9.17. The number of likely N-dealkylation sites (N-methyl/N-ethyl adjacent to an activating group) is 1. The Morgan fingerprint density at radius 3 is 2.34 bits per heavy atom. The second-order valence-corrected chi connectivity index (χ2v) is 9.64.